The van der Waals surface area contributed by atoms with Gasteiger partial charge in [-0.15, -0.1) is 0 Å². The van der Waals surface area contributed by atoms with Crippen LogP contribution in [-0.2, 0) is 27.3 Å². The van der Waals surface area contributed by atoms with Crippen LogP contribution in [0.1, 0.15) is 49.1 Å². The van der Waals surface area contributed by atoms with Gasteiger partial charge in [0.25, 0.3) is 0 Å². The topological polar surface area (TPSA) is 116 Å². The molecule has 0 aliphatic rings. The molecule has 0 aliphatic carbocycles. The number of anilines is 1. The van der Waals surface area contributed by atoms with Gasteiger partial charge < -0.3 is 30.0 Å². The number of carbonyl (C=O) groups is 1. The minimum Gasteiger partial charge on any atom is -0.494 e. The number of nitrogen functional groups attached to an aromatic ring is 1. The Balaban J connectivity index is 1.90. The lowest BCUT2D eigenvalue weighted by Crippen LogP contribution is -2.24. The van der Waals surface area contributed by atoms with Gasteiger partial charge in [-0.25, -0.2) is 4.79 Å². The molecule has 8 heteroatoms. The minimum absolute atomic E-state index is 0.0293. The maximum atomic E-state index is 13.0. The van der Waals surface area contributed by atoms with Crippen molar-refractivity contribution in [2.75, 3.05) is 32.2 Å². The summed E-state index contributed by atoms with van der Waals surface area (Å²) in [5, 5.41) is 10.9. The van der Waals surface area contributed by atoms with Crippen LogP contribution in [0.3, 0.4) is 0 Å². The number of amidine groups is 1. The first-order valence-corrected chi connectivity index (χ1v) is 13.1. The van der Waals surface area contributed by atoms with Crippen LogP contribution in [0.5, 0.6) is 11.5 Å². The highest BCUT2D eigenvalue weighted by Gasteiger charge is 2.27. The van der Waals surface area contributed by atoms with Crippen molar-refractivity contribution in [2.24, 2.45) is 11.7 Å². The molecule has 0 saturated heterocycles. The maximum absolute atomic E-state index is 13.0. The number of ether oxygens (including phenoxy) is 4. The molecule has 0 saturated carbocycles. The third kappa shape index (κ3) is 8.75. The number of methoxy groups -OCH3 is 1. The van der Waals surface area contributed by atoms with Gasteiger partial charge in [-0.1, -0.05) is 44.2 Å². The van der Waals surface area contributed by atoms with Crippen LogP contribution in [0.2, 0.25) is 0 Å². The van der Waals surface area contributed by atoms with Crippen LogP contribution in [0, 0.1) is 11.3 Å². The zero-order valence-electron chi connectivity index (χ0n) is 23.2. The number of nitrogens with two attached hydrogens (primary N) is 1. The Morgan fingerprint density at radius 3 is 2.31 bits per heavy atom. The lowest BCUT2D eigenvalue weighted by Gasteiger charge is -2.24. The van der Waals surface area contributed by atoms with Crippen LogP contribution >= 0.6 is 0 Å². The Kier molecular flexibility index (Phi) is 11.2. The van der Waals surface area contributed by atoms with E-state index in [1.54, 1.807) is 24.3 Å². The van der Waals surface area contributed by atoms with Crippen molar-refractivity contribution in [1.29, 1.82) is 5.41 Å². The fraction of sp³-hybridized carbons (Fsp3) is 0.355. The van der Waals surface area contributed by atoms with Crippen molar-refractivity contribution in [1.82, 2.24) is 0 Å². The largest absolute Gasteiger partial charge is 0.494 e. The average molecular weight is 534 g/mol. The first-order valence-electron chi connectivity index (χ1n) is 13.1. The Morgan fingerprint density at radius 2 is 1.69 bits per heavy atom. The molecule has 0 fully saturated rings. The minimum atomic E-state index is -0.870. The van der Waals surface area contributed by atoms with Crippen LogP contribution < -0.4 is 20.5 Å². The molecule has 1 unspecified atom stereocenters. The maximum Gasteiger partial charge on any atom is 0.333 e. The van der Waals surface area contributed by atoms with Gasteiger partial charge in [0, 0.05) is 16.8 Å². The molecular formula is C31H39N3O5. The summed E-state index contributed by atoms with van der Waals surface area (Å²) in [7, 11) is 1.35. The first-order chi connectivity index (χ1) is 18.8. The molecule has 0 aliphatic heterocycles. The second-order valence-electron chi connectivity index (χ2n) is 9.51. The zero-order chi connectivity index (χ0) is 28.2. The van der Waals surface area contributed by atoms with E-state index < -0.39 is 12.0 Å². The van der Waals surface area contributed by atoms with E-state index in [9.17, 15) is 4.79 Å². The first kappa shape index (κ1) is 29.5. The number of carbonyl (C=O) groups excluding carboxylic acids is 1. The van der Waals surface area contributed by atoms with Crippen LogP contribution in [0.25, 0.3) is 0 Å². The SMILES string of the molecule is CCOc1cc(C(Nc2ccc(C(=N)N)cc2)C(=O)OC)c(OCCOCc2ccccc2)cc1CC(C)C. The molecule has 4 N–H and O–H groups in total. The molecule has 0 amide bonds. The fourth-order valence-electron chi connectivity index (χ4n) is 4.13. The summed E-state index contributed by atoms with van der Waals surface area (Å²) in [6, 6.07) is 19.9. The third-order valence-corrected chi connectivity index (χ3v) is 5.97. The van der Waals surface area contributed by atoms with Crippen molar-refractivity contribution in [2.45, 2.75) is 39.8 Å². The monoisotopic (exact) mass is 533 g/mol. The van der Waals surface area contributed by atoms with Crippen molar-refractivity contribution in [3.8, 4) is 11.5 Å². The molecular weight excluding hydrogens is 494 g/mol. The van der Waals surface area contributed by atoms with Gasteiger partial charge in [-0.05, 0) is 66.8 Å². The summed E-state index contributed by atoms with van der Waals surface area (Å²) < 4.78 is 23.2. The molecule has 3 aromatic rings. The number of hydrogen-bond donors (Lipinski definition) is 3. The highest BCUT2D eigenvalue weighted by molar-refractivity contribution is 5.95. The van der Waals surface area contributed by atoms with Crippen molar-refractivity contribution in [3.63, 3.8) is 0 Å². The molecule has 39 heavy (non-hydrogen) atoms. The standard InChI is InChI=1S/C31H39N3O5/c1-5-38-27-19-26(29(31(35)36-4)34-25-13-11-23(12-14-25)30(32)33)28(18-24(27)17-21(2)3)39-16-15-37-20-22-9-7-6-8-10-22/h6-14,18-19,21,29,34H,5,15-17,20H2,1-4H3,(H3,32,33). The second-order valence-corrected chi connectivity index (χ2v) is 9.51. The quantitative estimate of drug-likeness (QED) is 0.102. The number of hydrogen-bond acceptors (Lipinski definition) is 7. The number of nitrogens with one attached hydrogen (secondary N) is 2. The van der Waals surface area contributed by atoms with Gasteiger partial charge in [0.2, 0.25) is 0 Å². The van der Waals surface area contributed by atoms with Crippen LogP contribution in [0.15, 0.2) is 66.7 Å². The van der Waals surface area contributed by atoms with E-state index in [0.717, 1.165) is 17.5 Å². The zero-order valence-corrected chi connectivity index (χ0v) is 23.2. The highest BCUT2D eigenvalue weighted by atomic mass is 16.5. The van der Waals surface area contributed by atoms with Gasteiger partial charge in [0.1, 0.15) is 23.9 Å². The van der Waals surface area contributed by atoms with Crippen molar-refractivity contribution in [3.05, 3.63) is 89.0 Å². The molecule has 0 bridgehead atoms. The van der Waals surface area contributed by atoms with E-state index in [0.29, 0.717) is 60.7 Å². The Hall–Kier alpha value is -4.04. The van der Waals surface area contributed by atoms with Gasteiger partial charge in [-0.3, -0.25) is 5.41 Å². The van der Waals surface area contributed by atoms with Gasteiger partial charge in [-0.2, -0.15) is 0 Å². The normalized spacial score (nSPS) is 11.6. The molecule has 0 aromatic heterocycles. The van der Waals surface area contributed by atoms with Gasteiger partial charge >= 0.3 is 5.97 Å². The molecule has 3 aromatic carbocycles. The Bertz CT molecular complexity index is 1210. The Labute approximate surface area is 230 Å². The predicted octanol–water partition coefficient (Wildman–Crippen LogP) is 5.49. The number of rotatable bonds is 15. The summed E-state index contributed by atoms with van der Waals surface area (Å²) in [6.45, 7) is 7.87. The highest BCUT2D eigenvalue weighted by Crippen LogP contribution is 2.36. The van der Waals surface area contributed by atoms with Gasteiger partial charge in [0.15, 0.2) is 6.04 Å². The summed E-state index contributed by atoms with van der Waals surface area (Å²) in [6.07, 6.45) is 0.791. The van der Waals surface area contributed by atoms with Crippen molar-refractivity contribution < 1.29 is 23.7 Å². The molecule has 208 valence electrons. The van der Waals surface area contributed by atoms with Gasteiger partial charge in [0.05, 0.1) is 26.9 Å². The van der Waals surface area contributed by atoms with Crippen LogP contribution in [0.4, 0.5) is 5.69 Å². The summed E-state index contributed by atoms with van der Waals surface area (Å²) in [5.74, 6) is 1.15. The van der Waals surface area contributed by atoms with E-state index in [-0.39, 0.29) is 5.84 Å². The van der Waals surface area contributed by atoms with E-state index >= 15 is 0 Å². The summed E-state index contributed by atoms with van der Waals surface area (Å²) in [5.41, 5.74) is 9.53. The molecule has 0 heterocycles. The van der Waals surface area contributed by atoms with E-state index in [2.05, 4.69) is 19.2 Å². The smallest absolute Gasteiger partial charge is 0.333 e. The summed E-state index contributed by atoms with van der Waals surface area (Å²) >= 11 is 0. The number of benzene rings is 3. The van der Waals surface area contributed by atoms with E-state index in [1.165, 1.54) is 7.11 Å². The second kappa shape index (κ2) is 14.8. The van der Waals surface area contributed by atoms with E-state index in [4.69, 9.17) is 30.1 Å². The Morgan fingerprint density at radius 1 is 0.974 bits per heavy atom. The molecule has 0 radical (unpaired) electrons. The van der Waals surface area contributed by atoms with Crippen LogP contribution in [-0.4, -0.2) is 38.7 Å². The fourth-order valence-corrected chi connectivity index (χ4v) is 4.13. The lowest BCUT2D eigenvalue weighted by molar-refractivity contribution is -0.141. The molecule has 8 nitrogen and oxygen atoms in total. The third-order valence-electron chi connectivity index (χ3n) is 5.97. The lowest BCUT2D eigenvalue weighted by atomic mass is 9.96. The average Bonchev–Trinajstić information content (AvgIpc) is 2.93. The molecule has 3 rings (SSSR count). The summed E-state index contributed by atoms with van der Waals surface area (Å²) in [4.78, 5) is 13.0. The molecule has 0 spiro atoms. The van der Waals surface area contributed by atoms with Crippen molar-refractivity contribution >= 4 is 17.5 Å². The predicted molar refractivity (Wildman–Crippen MR) is 154 cm³/mol. The number of esters is 1. The van der Waals surface area contributed by atoms with E-state index in [1.807, 2.05) is 49.4 Å². The molecule has 1 atom stereocenters.